The van der Waals surface area contributed by atoms with Crippen molar-refractivity contribution in [1.82, 2.24) is 0 Å². The number of halogens is 2. The van der Waals surface area contributed by atoms with Crippen molar-refractivity contribution < 1.29 is 13.6 Å². The first kappa shape index (κ1) is 13.5. The first-order valence-electron chi connectivity index (χ1n) is 6.72. The molecule has 5 heteroatoms. The minimum atomic E-state index is -1.03. The van der Waals surface area contributed by atoms with E-state index in [0.717, 1.165) is 17.3 Å². The van der Waals surface area contributed by atoms with Gasteiger partial charge in [-0.05, 0) is 30.2 Å². The highest BCUT2D eigenvalue weighted by Gasteiger charge is 2.25. The van der Waals surface area contributed by atoms with E-state index in [9.17, 15) is 13.6 Å². The second kappa shape index (κ2) is 5.52. The van der Waals surface area contributed by atoms with Gasteiger partial charge in [-0.1, -0.05) is 24.3 Å². The molecule has 0 saturated heterocycles. The van der Waals surface area contributed by atoms with Crippen LogP contribution in [0.25, 0.3) is 0 Å². The Morgan fingerprint density at radius 1 is 1.14 bits per heavy atom. The Morgan fingerprint density at radius 2 is 1.95 bits per heavy atom. The summed E-state index contributed by atoms with van der Waals surface area (Å²) < 4.78 is 26.7. The number of anilines is 2. The maximum Gasteiger partial charge on any atom is 0.229 e. The zero-order valence-electron chi connectivity index (χ0n) is 11.2. The summed E-state index contributed by atoms with van der Waals surface area (Å²) in [6, 6.07) is 11.5. The summed E-state index contributed by atoms with van der Waals surface area (Å²) in [5.74, 6) is -2.64. The maximum absolute atomic E-state index is 13.6. The van der Waals surface area contributed by atoms with Crippen LogP contribution in [-0.4, -0.2) is 12.5 Å². The number of carbonyl (C=O) groups is 1. The molecule has 0 aliphatic carbocycles. The van der Waals surface area contributed by atoms with Crippen molar-refractivity contribution in [2.75, 3.05) is 17.2 Å². The summed E-state index contributed by atoms with van der Waals surface area (Å²) in [5.41, 5.74) is 1.93. The van der Waals surface area contributed by atoms with Gasteiger partial charge in [0.05, 0.1) is 11.6 Å². The van der Waals surface area contributed by atoms with Gasteiger partial charge < -0.3 is 10.6 Å². The van der Waals surface area contributed by atoms with E-state index in [2.05, 4.69) is 10.6 Å². The quantitative estimate of drug-likeness (QED) is 0.891. The fourth-order valence-electron chi connectivity index (χ4n) is 2.46. The van der Waals surface area contributed by atoms with Gasteiger partial charge in [0.1, 0.15) is 0 Å². The normalized spacial score (nSPS) is 16.8. The highest BCUT2D eigenvalue weighted by molar-refractivity contribution is 5.93. The Morgan fingerprint density at radius 3 is 2.81 bits per heavy atom. The van der Waals surface area contributed by atoms with E-state index in [1.165, 1.54) is 12.1 Å². The van der Waals surface area contributed by atoms with E-state index in [0.29, 0.717) is 13.0 Å². The van der Waals surface area contributed by atoms with Crippen molar-refractivity contribution in [3.8, 4) is 0 Å². The zero-order valence-corrected chi connectivity index (χ0v) is 11.2. The Bertz CT molecular complexity index is 688. The lowest BCUT2D eigenvalue weighted by atomic mass is 9.93. The molecule has 0 spiro atoms. The van der Waals surface area contributed by atoms with Crippen LogP contribution >= 0.6 is 0 Å². The molecule has 3 nitrogen and oxygen atoms in total. The second-order valence-corrected chi connectivity index (χ2v) is 5.03. The van der Waals surface area contributed by atoms with Crippen molar-refractivity contribution in [1.29, 1.82) is 0 Å². The van der Waals surface area contributed by atoms with Crippen LogP contribution in [0, 0.1) is 17.6 Å². The molecule has 0 bridgehead atoms. The molecule has 1 aliphatic heterocycles. The van der Waals surface area contributed by atoms with Gasteiger partial charge in [-0.2, -0.15) is 0 Å². The van der Waals surface area contributed by atoms with Crippen molar-refractivity contribution in [2.45, 2.75) is 6.42 Å². The Balaban J connectivity index is 1.74. The minimum Gasteiger partial charge on any atom is -0.384 e. The third-order valence-electron chi connectivity index (χ3n) is 3.60. The summed E-state index contributed by atoms with van der Waals surface area (Å²) in [4.78, 5) is 12.2. The van der Waals surface area contributed by atoms with Crippen LogP contribution in [0.15, 0.2) is 42.5 Å². The molecule has 2 aromatic rings. The third-order valence-corrected chi connectivity index (χ3v) is 3.60. The van der Waals surface area contributed by atoms with Crippen LogP contribution < -0.4 is 10.6 Å². The maximum atomic E-state index is 13.6. The summed E-state index contributed by atoms with van der Waals surface area (Å²) in [5, 5.41) is 5.63. The van der Waals surface area contributed by atoms with Gasteiger partial charge in [-0.3, -0.25) is 4.79 Å². The Labute approximate surface area is 121 Å². The molecule has 0 fully saturated rings. The van der Waals surface area contributed by atoms with Crippen LogP contribution in [0.5, 0.6) is 0 Å². The minimum absolute atomic E-state index is 0.126. The van der Waals surface area contributed by atoms with Gasteiger partial charge in [0, 0.05) is 12.2 Å². The van der Waals surface area contributed by atoms with Gasteiger partial charge in [0.25, 0.3) is 0 Å². The van der Waals surface area contributed by atoms with E-state index in [1.807, 2.05) is 24.3 Å². The molecular formula is C16H14F2N2O. The summed E-state index contributed by atoms with van der Waals surface area (Å²) >= 11 is 0. The smallest absolute Gasteiger partial charge is 0.229 e. The predicted octanol–water partition coefficient (Wildman–Crippen LogP) is 3.19. The van der Waals surface area contributed by atoms with Gasteiger partial charge in [-0.25, -0.2) is 8.78 Å². The lowest BCUT2D eigenvalue weighted by Gasteiger charge is -2.25. The number of fused-ring (bicyclic) bond motifs is 1. The second-order valence-electron chi connectivity index (χ2n) is 5.03. The average Bonchev–Trinajstić information content (AvgIpc) is 2.51. The van der Waals surface area contributed by atoms with Crippen LogP contribution in [0.2, 0.25) is 0 Å². The fraction of sp³-hybridized carbons (Fsp3) is 0.188. The molecule has 0 aromatic heterocycles. The van der Waals surface area contributed by atoms with Gasteiger partial charge in [0.15, 0.2) is 11.6 Å². The number of amides is 1. The number of carbonyl (C=O) groups excluding carboxylic acids is 1. The topological polar surface area (TPSA) is 41.1 Å². The molecule has 1 amide bonds. The molecule has 1 aliphatic rings. The van der Waals surface area contributed by atoms with Crippen LogP contribution in [0.4, 0.5) is 20.2 Å². The molecular weight excluding hydrogens is 274 g/mol. The lowest BCUT2D eigenvalue weighted by Crippen LogP contribution is -2.34. The lowest BCUT2D eigenvalue weighted by molar-refractivity contribution is -0.119. The zero-order chi connectivity index (χ0) is 14.8. The standard InChI is InChI=1S/C16H14F2N2O/c17-12-5-3-7-14(15(12)18)20-16(21)11-8-10-4-1-2-6-13(10)19-9-11/h1-7,11,19H,8-9H2,(H,20,21). The van der Waals surface area contributed by atoms with Crippen LogP contribution in [-0.2, 0) is 11.2 Å². The van der Waals surface area contributed by atoms with Crippen molar-refractivity contribution in [3.63, 3.8) is 0 Å². The number of rotatable bonds is 2. The van der Waals surface area contributed by atoms with E-state index in [-0.39, 0.29) is 17.5 Å². The molecule has 0 saturated carbocycles. The molecule has 2 N–H and O–H groups in total. The summed E-state index contributed by atoms with van der Waals surface area (Å²) in [6.07, 6.45) is 0.575. The predicted molar refractivity (Wildman–Crippen MR) is 77.1 cm³/mol. The highest BCUT2D eigenvalue weighted by Crippen LogP contribution is 2.25. The SMILES string of the molecule is O=C(Nc1cccc(F)c1F)C1CNc2ccccc2C1. The molecule has 1 heterocycles. The molecule has 108 valence electrons. The fourth-order valence-corrected chi connectivity index (χ4v) is 2.46. The van der Waals surface area contributed by atoms with E-state index < -0.39 is 11.6 Å². The summed E-state index contributed by atoms with van der Waals surface area (Å²) in [7, 11) is 0. The molecule has 3 rings (SSSR count). The van der Waals surface area contributed by atoms with E-state index in [1.54, 1.807) is 0 Å². The largest absolute Gasteiger partial charge is 0.384 e. The highest BCUT2D eigenvalue weighted by atomic mass is 19.2. The number of para-hydroxylation sites is 1. The molecule has 1 atom stereocenters. The Hall–Kier alpha value is -2.43. The van der Waals surface area contributed by atoms with Crippen molar-refractivity contribution in [2.24, 2.45) is 5.92 Å². The number of hydrogen-bond donors (Lipinski definition) is 2. The first-order valence-corrected chi connectivity index (χ1v) is 6.72. The Kier molecular flexibility index (Phi) is 3.56. The van der Waals surface area contributed by atoms with Crippen molar-refractivity contribution in [3.05, 3.63) is 59.7 Å². The first-order chi connectivity index (χ1) is 10.1. The van der Waals surface area contributed by atoms with Gasteiger partial charge in [0.2, 0.25) is 5.91 Å². The van der Waals surface area contributed by atoms with Crippen LogP contribution in [0.3, 0.4) is 0 Å². The number of hydrogen-bond acceptors (Lipinski definition) is 2. The van der Waals surface area contributed by atoms with E-state index in [4.69, 9.17) is 0 Å². The van der Waals surface area contributed by atoms with Gasteiger partial charge in [-0.15, -0.1) is 0 Å². The molecule has 21 heavy (non-hydrogen) atoms. The van der Waals surface area contributed by atoms with Crippen LogP contribution in [0.1, 0.15) is 5.56 Å². The number of nitrogens with one attached hydrogen (secondary N) is 2. The summed E-state index contributed by atoms with van der Waals surface area (Å²) in [6.45, 7) is 0.472. The molecule has 1 unspecified atom stereocenters. The number of benzene rings is 2. The monoisotopic (exact) mass is 288 g/mol. The molecule has 0 radical (unpaired) electrons. The third kappa shape index (κ3) is 2.72. The van der Waals surface area contributed by atoms with Gasteiger partial charge >= 0.3 is 0 Å². The van der Waals surface area contributed by atoms with Crippen molar-refractivity contribution >= 4 is 17.3 Å². The van der Waals surface area contributed by atoms with E-state index >= 15 is 0 Å². The molecule has 2 aromatic carbocycles. The average molecular weight is 288 g/mol.